The van der Waals surface area contributed by atoms with E-state index in [2.05, 4.69) is 11.9 Å². The topological polar surface area (TPSA) is 67.9 Å². The Hall–Kier alpha value is -1.69. The number of likely N-dealkylation sites (tertiary alicyclic amines) is 1. The van der Waals surface area contributed by atoms with Gasteiger partial charge in [-0.3, -0.25) is 0 Å². The zero-order chi connectivity index (χ0) is 17.5. The molecular formula is C18H27N3O3. The van der Waals surface area contributed by atoms with Gasteiger partial charge in [-0.25, -0.2) is 14.8 Å². The standard InChI is InChI=1S/C18H27N3O3/c1-12-19-10-14(18(5)11-23-18)15(20-12)13-6-8-21(9-7-13)16(22)24-17(2,3)4/h10,13H,6-9,11H2,1-5H3. The lowest BCUT2D eigenvalue weighted by Gasteiger charge is -2.34. The molecule has 3 heterocycles. The molecular weight excluding hydrogens is 306 g/mol. The lowest BCUT2D eigenvalue weighted by atomic mass is 9.87. The van der Waals surface area contributed by atoms with Crippen LogP contribution in [0.2, 0.25) is 0 Å². The summed E-state index contributed by atoms with van der Waals surface area (Å²) in [6, 6.07) is 0. The van der Waals surface area contributed by atoms with Crippen LogP contribution in [0.4, 0.5) is 4.79 Å². The highest BCUT2D eigenvalue weighted by atomic mass is 16.6. The Morgan fingerprint density at radius 2 is 2.00 bits per heavy atom. The van der Waals surface area contributed by atoms with E-state index in [9.17, 15) is 4.79 Å². The van der Waals surface area contributed by atoms with E-state index in [1.807, 2.05) is 33.9 Å². The normalized spacial score (nSPS) is 24.8. The molecule has 1 atom stereocenters. The van der Waals surface area contributed by atoms with Crippen LogP contribution in [-0.4, -0.2) is 46.3 Å². The average Bonchev–Trinajstić information content (AvgIpc) is 3.24. The van der Waals surface area contributed by atoms with Gasteiger partial charge < -0.3 is 14.4 Å². The minimum atomic E-state index is -0.456. The molecule has 0 saturated carbocycles. The van der Waals surface area contributed by atoms with E-state index in [1.165, 1.54) is 0 Å². The zero-order valence-electron chi connectivity index (χ0n) is 15.3. The molecule has 1 unspecified atom stereocenters. The minimum Gasteiger partial charge on any atom is -0.444 e. The van der Waals surface area contributed by atoms with Gasteiger partial charge in [0.05, 0.1) is 12.3 Å². The summed E-state index contributed by atoms with van der Waals surface area (Å²) in [7, 11) is 0. The highest BCUT2D eigenvalue weighted by Gasteiger charge is 2.45. The summed E-state index contributed by atoms with van der Waals surface area (Å²) < 4.78 is 11.1. The largest absolute Gasteiger partial charge is 0.444 e. The van der Waals surface area contributed by atoms with Crippen LogP contribution in [0.25, 0.3) is 0 Å². The van der Waals surface area contributed by atoms with Gasteiger partial charge in [0.25, 0.3) is 0 Å². The van der Waals surface area contributed by atoms with Crippen molar-refractivity contribution in [2.24, 2.45) is 0 Å². The van der Waals surface area contributed by atoms with E-state index in [-0.39, 0.29) is 11.7 Å². The number of nitrogens with zero attached hydrogens (tertiary/aromatic N) is 3. The number of hydrogen-bond donors (Lipinski definition) is 0. The molecule has 2 fully saturated rings. The number of amides is 1. The molecule has 2 saturated heterocycles. The van der Waals surface area contributed by atoms with Gasteiger partial charge in [-0.05, 0) is 47.5 Å². The molecule has 0 aliphatic carbocycles. The molecule has 24 heavy (non-hydrogen) atoms. The van der Waals surface area contributed by atoms with E-state index < -0.39 is 5.60 Å². The maximum Gasteiger partial charge on any atom is 0.410 e. The molecule has 0 radical (unpaired) electrons. The molecule has 2 aliphatic rings. The molecule has 6 nitrogen and oxygen atoms in total. The summed E-state index contributed by atoms with van der Waals surface area (Å²) in [5.41, 5.74) is 1.50. The van der Waals surface area contributed by atoms with Gasteiger partial charge >= 0.3 is 6.09 Å². The number of aromatic nitrogens is 2. The summed E-state index contributed by atoms with van der Waals surface area (Å²) in [6.07, 6.45) is 3.46. The minimum absolute atomic E-state index is 0.225. The van der Waals surface area contributed by atoms with Crippen molar-refractivity contribution < 1.29 is 14.3 Å². The van der Waals surface area contributed by atoms with Gasteiger partial charge in [0, 0.05) is 30.8 Å². The zero-order valence-corrected chi connectivity index (χ0v) is 15.3. The molecule has 1 aromatic rings. The lowest BCUT2D eigenvalue weighted by Crippen LogP contribution is -2.41. The van der Waals surface area contributed by atoms with Crippen molar-refractivity contribution in [2.45, 2.75) is 64.6 Å². The number of rotatable bonds is 2. The highest BCUT2D eigenvalue weighted by molar-refractivity contribution is 5.68. The van der Waals surface area contributed by atoms with E-state index in [0.717, 1.165) is 36.5 Å². The Balaban J connectivity index is 1.69. The van der Waals surface area contributed by atoms with Crippen molar-refractivity contribution in [3.8, 4) is 0 Å². The van der Waals surface area contributed by atoms with Gasteiger partial charge in [0.1, 0.15) is 17.0 Å². The first-order valence-electron chi connectivity index (χ1n) is 8.64. The smallest absolute Gasteiger partial charge is 0.410 e. The summed E-state index contributed by atoms with van der Waals surface area (Å²) >= 11 is 0. The molecule has 0 aromatic carbocycles. The van der Waals surface area contributed by atoms with Crippen molar-refractivity contribution in [1.29, 1.82) is 0 Å². The van der Waals surface area contributed by atoms with E-state index in [0.29, 0.717) is 19.0 Å². The predicted octanol–water partition coefficient (Wildman–Crippen LogP) is 3.14. The van der Waals surface area contributed by atoms with E-state index in [4.69, 9.17) is 14.5 Å². The van der Waals surface area contributed by atoms with Gasteiger partial charge in [-0.15, -0.1) is 0 Å². The molecule has 1 aromatic heterocycles. The molecule has 3 rings (SSSR count). The van der Waals surface area contributed by atoms with Crippen LogP contribution >= 0.6 is 0 Å². The fourth-order valence-electron chi connectivity index (χ4n) is 3.13. The second-order valence-corrected chi connectivity index (χ2v) is 7.98. The summed E-state index contributed by atoms with van der Waals surface area (Å²) in [4.78, 5) is 23.1. The fourth-order valence-corrected chi connectivity index (χ4v) is 3.13. The Bertz CT molecular complexity index is 627. The number of carbonyl (C=O) groups is 1. The van der Waals surface area contributed by atoms with Crippen LogP contribution in [0.1, 0.15) is 63.5 Å². The third-order valence-electron chi connectivity index (χ3n) is 4.62. The lowest BCUT2D eigenvalue weighted by molar-refractivity contribution is 0.0203. The monoisotopic (exact) mass is 333 g/mol. The maximum absolute atomic E-state index is 12.2. The molecule has 0 bridgehead atoms. The van der Waals surface area contributed by atoms with Crippen LogP contribution < -0.4 is 0 Å². The van der Waals surface area contributed by atoms with E-state index in [1.54, 1.807) is 4.90 Å². The van der Waals surface area contributed by atoms with Crippen molar-refractivity contribution in [2.75, 3.05) is 19.7 Å². The number of hydrogen-bond acceptors (Lipinski definition) is 5. The van der Waals surface area contributed by atoms with Crippen LogP contribution in [0.3, 0.4) is 0 Å². The number of carbonyl (C=O) groups excluding carboxylic acids is 1. The molecule has 1 amide bonds. The quantitative estimate of drug-likeness (QED) is 0.778. The third kappa shape index (κ3) is 3.69. The van der Waals surface area contributed by atoms with Crippen molar-refractivity contribution >= 4 is 6.09 Å². The molecule has 0 N–H and O–H groups in total. The fraction of sp³-hybridized carbons (Fsp3) is 0.722. The van der Waals surface area contributed by atoms with Crippen LogP contribution in [-0.2, 0) is 15.1 Å². The van der Waals surface area contributed by atoms with E-state index >= 15 is 0 Å². The van der Waals surface area contributed by atoms with Crippen LogP contribution in [0.15, 0.2) is 6.20 Å². The summed E-state index contributed by atoms with van der Waals surface area (Å²) in [5, 5.41) is 0. The molecule has 0 spiro atoms. The molecule has 6 heteroatoms. The molecule has 132 valence electrons. The number of aryl methyl sites for hydroxylation is 1. The maximum atomic E-state index is 12.2. The van der Waals surface area contributed by atoms with Gasteiger partial charge in [-0.1, -0.05) is 0 Å². The summed E-state index contributed by atoms with van der Waals surface area (Å²) in [6.45, 7) is 11.8. The Kier molecular flexibility index (Phi) is 4.28. The Morgan fingerprint density at radius 1 is 1.38 bits per heavy atom. The van der Waals surface area contributed by atoms with Crippen LogP contribution in [0.5, 0.6) is 0 Å². The second-order valence-electron chi connectivity index (χ2n) is 7.98. The Labute approximate surface area is 143 Å². The highest BCUT2D eigenvalue weighted by Crippen LogP contribution is 2.42. The van der Waals surface area contributed by atoms with Crippen LogP contribution in [0, 0.1) is 6.92 Å². The van der Waals surface area contributed by atoms with Gasteiger partial charge in [-0.2, -0.15) is 0 Å². The first-order chi connectivity index (χ1) is 11.2. The second kappa shape index (κ2) is 5.99. The Morgan fingerprint density at radius 3 is 2.54 bits per heavy atom. The number of epoxide rings is 1. The first kappa shape index (κ1) is 17.1. The van der Waals surface area contributed by atoms with Gasteiger partial charge in [0.2, 0.25) is 0 Å². The SMILES string of the molecule is Cc1ncc(C2(C)CO2)c(C2CCN(C(=O)OC(C)(C)C)CC2)n1. The predicted molar refractivity (Wildman–Crippen MR) is 89.9 cm³/mol. The number of ether oxygens (including phenoxy) is 2. The number of piperidine rings is 1. The van der Waals surface area contributed by atoms with Gasteiger partial charge in [0.15, 0.2) is 0 Å². The molecule has 2 aliphatic heterocycles. The average molecular weight is 333 g/mol. The van der Waals surface area contributed by atoms with Crippen molar-refractivity contribution in [3.05, 3.63) is 23.3 Å². The van der Waals surface area contributed by atoms with Crippen molar-refractivity contribution in [1.82, 2.24) is 14.9 Å². The first-order valence-corrected chi connectivity index (χ1v) is 8.64. The third-order valence-corrected chi connectivity index (χ3v) is 4.62. The van der Waals surface area contributed by atoms with Crippen molar-refractivity contribution in [3.63, 3.8) is 0 Å². The summed E-state index contributed by atoms with van der Waals surface area (Å²) in [5.74, 6) is 1.12.